The second kappa shape index (κ2) is 8.08. The zero-order valence-corrected chi connectivity index (χ0v) is 15.1. The van der Waals surface area contributed by atoms with Crippen LogP contribution in [0.1, 0.15) is 38.7 Å². The molecule has 0 radical (unpaired) electrons. The molecule has 0 fully saturated rings. The van der Waals surface area contributed by atoms with Gasteiger partial charge in [-0.25, -0.2) is 16.8 Å². The number of benzene rings is 1. The van der Waals surface area contributed by atoms with Crippen LogP contribution in [0.25, 0.3) is 0 Å². The lowest BCUT2D eigenvalue weighted by Crippen LogP contribution is -2.31. The van der Waals surface area contributed by atoms with Crippen LogP contribution in [0.4, 0.5) is 0 Å². The van der Waals surface area contributed by atoms with E-state index in [-0.39, 0.29) is 10.6 Å². The van der Waals surface area contributed by atoms with Gasteiger partial charge in [0, 0.05) is 19.3 Å². The molecule has 0 spiro atoms. The molecule has 0 aliphatic rings. The number of sulfonamides is 1. The van der Waals surface area contributed by atoms with Gasteiger partial charge in [-0.05, 0) is 24.1 Å². The van der Waals surface area contributed by atoms with Gasteiger partial charge in [0.05, 0.1) is 10.6 Å². The molecule has 7 heteroatoms. The van der Waals surface area contributed by atoms with Crippen LogP contribution in [0.2, 0.25) is 0 Å². The fourth-order valence-corrected chi connectivity index (χ4v) is 4.48. The van der Waals surface area contributed by atoms with E-state index in [9.17, 15) is 16.8 Å². The zero-order chi connectivity index (χ0) is 16.8. The predicted molar refractivity (Wildman–Crippen MR) is 88.9 cm³/mol. The van der Waals surface area contributed by atoms with Crippen LogP contribution in [-0.2, 0) is 25.6 Å². The molecule has 0 saturated carbocycles. The predicted octanol–water partition coefficient (Wildman–Crippen LogP) is 2.43. The highest BCUT2D eigenvalue weighted by molar-refractivity contribution is 7.90. The summed E-state index contributed by atoms with van der Waals surface area (Å²) in [5, 5.41) is 0. The quantitative estimate of drug-likeness (QED) is 0.643. The van der Waals surface area contributed by atoms with Crippen molar-refractivity contribution >= 4 is 19.9 Å². The summed E-state index contributed by atoms with van der Waals surface area (Å²) < 4.78 is 49.1. The Morgan fingerprint density at radius 3 is 2.00 bits per heavy atom. The van der Waals surface area contributed by atoms with Crippen LogP contribution >= 0.6 is 0 Å². The van der Waals surface area contributed by atoms with Gasteiger partial charge in [0.2, 0.25) is 10.0 Å². The molecule has 0 heterocycles. The molecule has 0 N–H and O–H groups in total. The van der Waals surface area contributed by atoms with Gasteiger partial charge in [0.15, 0.2) is 9.84 Å². The fraction of sp³-hybridized carbons (Fsp3) is 0.600. The summed E-state index contributed by atoms with van der Waals surface area (Å²) in [7, 11) is -6.63. The largest absolute Gasteiger partial charge is 0.243 e. The number of rotatable bonds is 9. The minimum atomic E-state index is -3.51. The third-order valence-corrected chi connectivity index (χ3v) is 6.20. The van der Waals surface area contributed by atoms with Crippen molar-refractivity contribution in [2.75, 3.05) is 19.3 Å². The molecule has 126 valence electrons. The van der Waals surface area contributed by atoms with E-state index >= 15 is 0 Å². The first kappa shape index (κ1) is 19.1. The lowest BCUT2D eigenvalue weighted by Gasteiger charge is -2.20. The van der Waals surface area contributed by atoms with Crippen LogP contribution in [0.5, 0.6) is 0 Å². The molecule has 22 heavy (non-hydrogen) atoms. The van der Waals surface area contributed by atoms with E-state index in [1.54, 1.807) is 12.1 Å². The van der Waals surface area contributed by atoms with Crippen LogP contribution in [0.15, 0.2) is 29.2 Å². The van der Waals surface area contributed by atoms with E-state index < -0.39 is 19.9 Å². The first-order chi connectivity index (χ1) is 10.2. The van der Waals surface area contributed by atoms with Gasteiger partial charge in [-0.3, -0.25) is 0 Å². The second-order valence-electron chi connectivity index (χ2n) is 5.42. The number of hydrogen-bond donors (Lipinski definition) is 0. The van der Waals surface area contributed by atoms with Crippen LogP contribution in [0.3, 0.4) is 0 Å². The SMILES string of the molecule is CCCCCN(CC)S(=O)(=O)c1ccc(CS(C)(=O)=O)cc1. The van der Waals surface area contributed by atoms with E-state index in [0.29, 0.717) is 18.7 Å². The average molecular weight is 348 g/mol. The van der Waals surface area contributed by atoms with E-state index in [0.717, 1.165) is 25.5 Å². The highest BCUT2D eigenvalue weighted by Gasteiger charge is 2.22. The summed E-state index contributed by atoms with van der Waals surface area (Å²) in [5.41, 5.74) is 0.593. The number of hydrogen-bond acceptors (Lipinski definition) is 4. The van der Waals surface area contributed by atoms with Gasteiger partial charge in [-0.1, -0.05) is 38.8 Å². The van der Waals surface area contributed by atoms with Crippen molar-refractivity contribution in [3.63, 3.8) is 0 Å². The maximum atomic E-state index is 12.6. The molecule has 0 atom stereocenters. The number of sulfone groups is 1. The molecule has 0 bridgehead atoms. The molecule has 1 aromatic rings. The molecule has 0 aromatic heterocycles. The smallest absolute Gasteiger partial charge is 0.229 e. The Kier molecular flexibility index (Phi) is 7.02. The van der Waals surface area contributed by atoms with Crippen molar-refractivity contribution in [3.05, 3.63) is 29.8 Å². The van der Waals surface area contributed by atoms with Crippen molar-refractivity contribution < 1.29 is 16.8 Å². The van der Waals surface area contributed by atoms with Gasteiger partial charge in [0.1, 0.15) is 0 Å². The van der Waals surface area contributed by atoms with E-state index in [4.69, 9.17) is 0 Å². The van der Waals surface area contributed by atoms with Crippen LogP contribution in [0, 0.1) is 0 Å². The molecule has 0 saturated heterocycles. The topological polar surface area (TPSA) is 71.5 Å². The Bertz CT molecular complexity index is 664. The Morgan fingerprint density at radius 2 is 1.55 bits per heavy atom. The van der Waals surface area contributed by atoms with Crippen molar-refractivity contribution in [3.8, 4) is 0 Å². The third kappa shape index (κ3) is 5.70. The zero-order valence-electron chi connectivity index (χ0n) is 13.4. The fourth-order valence-electron chi connectivity index (χ4n) is 2.20. The Labute approximate surface area is 134 Å². The summed E-state index contributed by atoms with van der Waals surface area (Å²) in [4.78, 5) is 0.211. The summed E-state index contributed by atoms with van der Waals surface area (Å²) in [6, 6.07) is 6.10. The second-order valence-corrected chi connectivity index (χ2v) is 9.50. The summed E-state index contributed by atoms with van der Waals surface area (Å²) in [5.74, 6) is -0.0820. The summed E-state index contributed by atoms with van der Waals surface area (Å²) in [6.07, 6.45) is 4.04. The minimum Gasteiger partial charge on any atom is -0.229 e. The number of unbranched alkanes of at least 4 members (excludes halogenated alkanes) is 2. The molecule has 0 amide bonds. The van der Waals surface area contributed by atoms with Gasteiger partial charge < -0.3 is 0 Å². The molecule has 1 aromatic carbocycles. The first-order valence-electron chi connectivity index (χ1n) is 7.47. The Morgan fingerprint density at radius 1 is 0.955 bits per heavy atom. The van der Waals surface area contributed by atoms with Crippen molar-refractivity contribution in [2.24, 2.45) is 0 Å². The van der Waals surface area contributed by atoms with Crippen molar-refractivity contribution in [2.45, 2.75) is 43.8 Å². The normalized spacial score (nSPS) is 12.7. The lowest BCUT2D eigenvalue weighted by atomic mass is 10.2. The monoisotopic (exact) mass is 347 g/mol. The molecule has 0 aliphatic heterocycles. The summed E-state index contributed by atoms with van der Waals surface area (Å²) >= 11 is 0. The van der Waals surface area contributed by atoms with Gasteiger partial charge >= 0.3 is 0 Å². The highest BCUT2D eigenvalue weighted by atomic mass is 32.2. The molecular formula is C15H25NO4S2. The Balaban J connectivity index is 2.92. The molecule has 0 unspecified atom stereocenters. The first-order valence-corrected chi connectivity index (χ1v) is 11.0. The van der Waals surface area contributed by atoms with E-state index in [1.807, 2.05) is 6.92 Å². The maximum absolute atomic E-state index is 12.6. The lowest BCUT2D eigenvalue weighted by molar-refractivity contribution is 0.415. The average Bonchev–Trinajstić information content (AvgIpc) is 2.42. The standard InChI is InChI=1S/C15H25NO4S2/c1-4-6-7-12-16(5-2)22(19,20)15-10-8-14(9-11-15)13-21(3,17)18/h8-11H,4-7,12-13H2,1-3H3. The van der Waals surface area contributed by atoms with Gasteiger partial charge in [0.25, 0.3) is 0 Å². The van der Waals surface area contributed by atoms with E-state index in [2.05, 4.69) is 6.92 Å². The maximum Gasteiger partial charge on any atom is 0.243 e. The molecule has 1 rings (SSSR count). The van der Waals surface area contributed by atoms with E-state index in [1.165, 1.54) is 16.4 Å². The third-order valence-electron chi connectivity index (χ3n) is 3.35. The number of nitrogens with zero attached hydrogens (tertiary/aromatic N) is 1. The summed E-state index contributed by atoms with van der Waals surface area (Å²) in [6.45, 7) is 4.84. The Hall–Kier alpha value is -0.920. The highest BCUT2D eigenvalue weighted by Crippen LogP contribution is 2.18. The van der Waals surface area contributed by atoms with Gasteiger partial charge in [-0.2, -0.15) is 4.31 Å². The molecule has 0 aliphatic carbocycles. The van der Waals surface area contributed by atoms with Crippen molar-refractivity contribution in [1.82, 2.24) is 4.31 Å². The van der Waals surface area contributed by atoms with Crippen LogP contribution < -0.4 is 0 Å². The van der Waals surface area contributed by atoms with Crippen molar-refractivity contribution in [1.29, 1.82) is 0 Å². The van der Waals surface area contributed by atoms with Gasteiger partial charge in [-0.15, -0.1) is 0 Å². The minimum absolute atomic E-state index is 0.0820. The molecular weight excluding hydrogens is 322 g/mol. The molecule has 5 nitrogen and oxygen atoms in total. The van der Waals surface area contributed by atoms with Crippen LogP contribution in [-0.4, -0.2) is 40.5 Å².